The molecular formula is C8H13N3S. The second-order valence-electron chi connectivity index (χ2n) is 2.38. The Morgan fingerprint density at radius 3 is 2.75 bits per heavy atom. The molecule has 1 aromatic heterocycles. The lowest BCUT2D eigenvalue weighted by Gasteiger charge is -2.02. The van der Waals surface area contributed by atoms with Crippen LogP contribution in [-0.4, -0.2) is 16.2 Å². The van der Waals surface area contributed by atoms with Gasteiger partial charge in [0.15, 0.2) is 0 Å². The first kappa shape index (κ1) is 9.48. The van der Waals surface area contributed by atoms with Crippen LogP contribution < -0.4 is 5.73 Å². The standard InChI is InChI=1S/C8H13N3S/c1-3-7-10-6(5-9)4-8(11-7)12-2/h4H,3,5,9H2,1-2H3. The van der Waals surface area contributed by atoms with Crippen molar-refractivity contribution >= 4 is 11.8 Å². The van der Waals surface area contributed by atoms with Crippen LogP contribution in [0, 0.1) is 0 Å². The van der Waals surface area contributed by atoms with Gasteiger partial charge in [-0.3, -0.25) is 0 Å². The number of nitrogens with two attached hydrogens (primary N) is 1. The molecule has 0 amide bonds. The Kier molecular flexibility index (Phi) is 3.49. The molecule has 0 saturated carbocycles. The Bertz CT molecular complexity index is 207. The molecule has 0 saturated heterocycles. The highest BCUT2D eigenvalue weighted by Gasteiger charge is 2.00. The van der Waals surface area contributed by atoms with E-state index < -0.39 is 0 Å². The monoisotopic (exact) mass is 183 g/mol. The summed E-state index contributed by atoms with van der Waals surface area (Å²) < 4.78 is 0. The maximum atomic E-state index is 5.50. The summed E-state index contributed by atoms with van der Waals surface area (Å²) in [5, 5.41) is 1.00. The summed E-state index contributed by atoms with van der Waals surface area (Å²) in [7, 11) is 0. The van der Waals surface area contributed by atoms with E-state index in [-0.39, 0.29) is 0 Å². The Morgan fingerprint density at radius 1 is 1.50 bits per heavy atom. The normalized spacial score (nSPS) is 10.2. The number of aryl methyl sites for hydroxylation is 1. The number of aromatic nitrogens is 2. The average Bonchev–Trinajstić information content (AvgIpc) is 2.16. The number of thioether (sulfide) groups is 1. The Hall–Kier alpha value is -0.610. The molecule has 12 heavy (non-hydrogen) atoms. The molecule has 0 radical (unpaired) electrons. The third-order valence-corrected chi connectivity index (χ3v) is 2.16. The van der Waals surface area contributed by atoms with Crippen LogP contribution in [0.1, 0.15) is 18.4 Å². The lowest BCUT2D eigenvalue weighted by molar-refractivity contribution is 0.836. The van der Waals surface area contributed by atoms with E-state index in [0.29, 0.717) is 6.54 Å². The second-order valence-corrected chi connectivity index (χ2v) is 3.20. The highest BCUT2D eigenvalue weighted by Crippen LogP contribution is 2.12. The summed E-state index contributed by atoms with van der Waals surface area (Å²) in [5.41, 5.74) is 6.42. The van der Waals surface area contributed by atoms with Gasteiger partial charge in [-0.15, -0.1) is 11.8 Å². The summed E-state index contributed by atoms with van der Waals surface area (Å²) in [6.07, 6.45) is 2.86. The average molecular weight is 183 g/mol. The first-order valence-corrected chi connectivity index (χ1v) is 5.13. The third-order valence-electron chi connectivity index (χ3n) is 1.54. The van der Waals surface area contributed by atoms with Gasteiger partial charge in [0, 0.05) is 13.0 Å². The first-order chi connectivity index (χ1) is 5.80. The van der Waals surface area contributed by atoms with E-state index in [4.69, 9.17) is 5.73 Å². The molecule has 0 aliphatic rings. The van der Waals surface area contributed by atoms with Gasteiger partial charge in [-0.1, -0.05) is 6.92 Å². The molecule has 0 aliphatic carbocycles. The topological polar surface area (TPSA) is 51.8 Å². The molecule has 0 atom stereocenters. The molecule has 1 rings (SSSR count). The molecule has 0 aromatic carbocycles. The molecule has 3 nitrogen and oxygen atoms in total. The van der Waals surface area contributed by atoms with Crippen LogP contribution in [0.15, 0.2) is 11.1 Å². The van der Waals surface area contributed by atoms with Crippen molar-refractivity contribution < 1.29 is 0 Å². The quantitative estimate of drug-likeness (QED) is 0.565. The van der Waals surface area contributed by atoms with E-state index in [1.807, 2.05) is 19.2 Å². The van der Waals surface area contributed by atoms with Crippen molar-refractivity contribution in [3.63, 3.8) is 0 Å². The first-order valence-electron chi connectivity index (χ1n) is 3.91. The minimum Gasteiger partial charge on any atom is -0.325 e. The Labute approximate surface area is 76.8 Å². The second kappa shape index (κ2) is 4.42. The lowest BCUT2D eigenvalue weighted by atomic mass is 10.4. The van der Waals surface area contributed by atoms with Crippen LogP contribution in [0.5, 0.6) is 0 Å². The number of hydrogen-bond donors (Lipinski definition) is 1. The van der Waals surface area contributed by atoms with Crippen molar-refractivity contribution in [2.24, 2.45) is 5.73 Å². The molecule has 0 spiro atoms. The van der Waals surface area contributed by atoms with Crippen LogP contribution in [0.25, 0.3) is 0 Å². The van der Waals surface area contributed by atoms with Gasteiger partial charge in [0.05, 0.1) is 10.7 Å². The summed E-state index contributed by atoms with van der Waals surface area (Å²) in [5.74, 6) is 0.877. The van der Waals surface area contributed by atoms with Crippen molar-refractivity contribution in [1.29, 1.82) is 0 Å². The molecule has 2 N–H and O–H groups in total. The zero-order chi connectivity index (χ0) is 8.97. The van der Waals surface area contributed by atoms with Crippen molar-refractivity contribution in [3.8, 4) is 0 Å². The predicted octanol–water partition coefficient (Wildman–Crippen LogP) is 1.22. The molecule has 1 aromatic rings. The van der Waals surface area contributed by atoms with Crippen LogP contribution in [0.3, 0.4) is 0 Å². The zero-order valence-corrected chi connectivity index (χ0v) is 8.19. The number of hydrogen-bond acceptors (Lipinski definition) is 4. The van der Waals surface area contributed by atoms with Gasteiger partial charge in [0.2, 0.25) is 0 Å². The molecule has 4 heteroatoms. The lowest BCUT2D eigenvalue weighted by Crippen LogP contribution is -2.04. The summed E-state index contributed by atoms with van der Waals surface area (Å²) in [4.78, 5) is 8.58. The van der Waals surface area contributed by atoms with Crippen LogP contribution in [0.4, 0.5) is 0 Å². The minimum atomic E-state index is 0.489. The van der Waals surface area contributed by atoms with E-state index in [2.05, 4.69) is 9.97 Å². The van der Waals surface area contributed by atoms with E-state index in [1.54, 1.807) is 11.8 Å². The van der Waals surface area contributed by atoms with E-state index >= 15 is 0 Å². The SMILES string of the molecule is CCc1nc(CN)cc(SC)n1. The van der Waals surface area contributed by atoms with Crippen LogP contribution in [0.2, 0.25) is 0 Å². The van der Waals surface area contributed by atoms with Gasteiger partial charge in [-0.2, -0.15) is 0 Å². The predicted molar refractivity (Wildman–Crippen MR) is 51.1 cm³/mol. The maximum absolute atomic E-state index is 5.50. The van der Waals surface area contributed by atoms with E-state index in [1.165, 1.54) is 0 Å². The molecule has 66 valence electrons. The highest BCUT2D eigenvalue weighted by molar-refractivity contribution is 7.98. The smallest absolute Gasteiger partial charge is 0.129 e. The van der Waals surface area contributed by atoms with Gasteiger partial charge >= 0.3 is 0 Å². The van der Waals surface area contributed by atoms with Crippen molar-refractivity contribution in [1.82, 2.24) is 9.97 Å². The molecular weight excluding hydrogens is 170 g/mol. The van der Waals surface area contributed by atoms with Gasteiger partial charge in [-0.25, -0.2) is 9.97 Å². The maximum Gasteiger partial charge on any atom is 0.129 e. The van der Waals surface area contributed by atoms with Crippen LogP contribution in [-0.2, 0) is 13.0 Å². The van der Waals surface area contributed by atoms with E-state index in [0.717, 1.165) is 23.0 Å². The molecule has 0 fully saturated rings. The minimum absolute atomic E-state index is 0.489. The zero-order valence-electron chi connectivity index (χ0n) is 7.37. The van der Waals surface area contributed by atoms with Crippen molar-refractivity contribution in [3.05, 3.63) is 17.6 Å². The number of rotatable bonds is 3. The summed E-state index contributed by atoms with van der Waals surface area (Å²) >= 11 is 1.62. The largest absolute Gasteiger partial charge is 0.325 e. The summed E-state index contributed by atoms with van der Waals surface area (Å²) in [6, 6.07) is 1.93. The fourth-order valence-electron chi connectivity index (χ4n) is 0.892. The molecule has 0 bridgehead atoms. The Balaban J connectivity index is 3.01. The fraction of sp³-hybridized carbons (Fsp3) is 0.500. The third kappa shape index (κ3) is 2.19. The van der Waals surface area contributed by atoms with Gasteiger partial charge < -0.3 is 5.73 Å². The highest BCUT2D eigenvalue weighted by atomic mass is 32.2. The molecule has 0 unspecified atom stereocenters. The van der Waals surface area contributed by atoms with Crippen molar-refractivity contribution in [2.45, 2.75) is 24.9 Å². The van der Waals surface area contributed by atoms with E-state index in [9.17, 15) is 0 Å². The summed E-state index contributed by atoms with van der Waals surface area (Å²) in [6.45, 7) is 2.53. The van der Waals surface area contributed by atoms with Gasteiger partial charge in [0.25, 0.3) is 0 Å². The molecule has 0 aliphatic heterocycles. The van der Waals surface area contributed by atoms with Gasteiger partial charge in [-0.05, 0) is 12.3 Å². The van der Waals surface area contributed by atoms with Crippen molar-refractivity contribution in [2.75, 3.05) is 6.26 Å². The number of nitrogens with zero attached hydrogens (tertiary/aromatic N) is 2. The Morgan fingerprint density at radius 2 is 2.25 bits per heavy atom. The fourth-order valence-corrected chi connectivity index (χ4v) is 1.34. The molecule has 1 heterocycles. The van der Waals surface area contributed by atoms with Crippen LogP contribution >= 0.6 is 11.8 Å². The van der Waals surface area contributed by atoms with Gasteiger partial charge in [0.1, 0.15) is 5.82 Å².